The van der Waals surface area contributed by atoms with Crippen molar-refractivity contribution in [3.8, 4) is 5.75 Å². The maximum atomic E-state index is 15.0. The van der Waals surface area contributed by atoms with E-state index in [0.29, 0.717) is 15.5 Å². The maximum Gasteiger partial charge on any atom is 0.284 e. The molecule has 31 heavy (non-hydrogen) atoms. The molecule has 2 aromatic carbocycles. The van der Waals surface area contributed by atoms with Crippen molar-refractivity contribution in [3.05, 3.63) is 63.8 Å². The van der Waals surface area contributed by atoms with Crippen molar-refractivity contribution in [1.29, 1.82) is 0 Å². The molecule has 6 nitrogen and oxygen atoms in total. The lowest BCUT2D eigenvalue weighted by atomic mass is 10.1. The van der Waals surface area contributed by atoms with Crippen molar-refractivity contribution < 1.29 is 18.3 Å². The van der Waals surface area contributed by atoms with E-state index in [-0.39, 0.29) is 11.5 Å². The highest BCUT2D eigenvalue weighted by Crippen LogP contribution is 2.33. The number of amides is 1. The Kier molecular flexibility index (Phi) is 6.87. The average molecular weight is 465 g/mol. The fraction of sp³-hybridized carbons (Fsp3) is 0.190. The van der Waals surface area contributed by atoms with Crippen molar-refractivity contribution in [1.82, 2.24) is 14.8 Å². The predicted molar refractivity (Wildman–Crippen MR) is 120 cm³/mol. The Bertz CT molecular complexity index is 1190. The first-order valence-electron chi connectivity index (χ1n) is 9.01. The van der Waals surface area contributed by atoms with Crippen molar-refractivity contribution >= 4 is 51.2 Å². The molecule has 0 atom stereocenters. The largest absolute Gasteiger partial charge is 0.450 e. The van der Waals surface area contributed by atoms with Crippen LogP contribution in [-0.4, -0.2) is 55.2 Å². The molecule has 162 valence electrons. The standard InChI is InChI=1S/C21H19ClF2N4O2S/c1-27(2)10-16(21-26-14-9-12(22)5-8-17(14)31-21)30-15-7-6-13(23)18(19(15)24)20(29)25-11-28(3)4/h5-11H,1-4H3/b16-10+,25-11+. The smallest absolute Gasteiger partial charge is 0.284 e. The summed E-state index contributed by atoms with van der Waals surface area (Å²) in [4.78, 5) is 23.5. The van der Waals surface area contributed by atoms with Gasteiger partial charge in [-0.15, -0.1) is 11.3 Å². The summed E-state index contributed by atoms with van der Waals surface area (Å²) in [5, 5.41) is 1.00. The number of fused-ring (bicyclic) bond motifs is 1. The quantitative estimate of drug-likeness (QED) is 0.295. The molecule has 1 amide bonds. The van der Waals surface area contributed by atoms with Crippen LogP contribution in [0.5, 0.6) is 5.75 Å². The van der Waals surface area contributed by atoms with Gasteiger partial charge in [-0.1, -0.05) is 11.6 Å². The molecule has 10 heteroatoms. The van der Waals surface area contributed by atoms with Gasteiger partial charge in [0.1, 0.15) is 11.4 Å². The van der Waals surface area contributed by atoms with Gasteiger partial charge in [0, 0.05) is 39.4 Å². The third-order valence-electron chi connectivity index (χ3n) is 3.83. The van der Waals surface area contributed by atoms with Gasteiger partial charge in [-0.2, -0.15) is 4.99 Å². The summed E-state index contributed by atoms with van der Waals surface area (Å²) >= 11 is 7.35. The van der Waals surface area contributed by atoms with Gasteiger partial charge in [0.2, 0.25) is 0 Å². The number of aromatic nitrogens is 1. The normalized spacial score (nSPS) is 11.9. The molecular formula is C21H19ClF2N4O2S. The van der Waals surface area contributed by atoms with E-state index in [1.807, 2.05) is 6.07 Å². The van der Waals surface area contributed by atoms with E-state index >= 15 is 4.39 Å². The minimum Gasteiger partial charge on any atom is -0.450 e. The van der Waals surface area contributed by atoms with Crippen LogP contribution >= 0.6 is 22.9 Å². The van der Waals surface area contributed by atoms with Crippen molar-refractivity contribution in [2.45, 2.75) is 0 Å². The first kappa shape index (κ1) is 22.6. The van der Waals surface area contributed by atoms with Crippen molar-refractivity contribution in [2.75, 3.05) is 28.2 Å². The number of hydrogen-bond donors (Lipinski definition) is 0. The molecule has 0 aliphatic heterocycles. The van der Waals surface area contributed by atoms with E-state index in [1.54, 1.807) is 51.4 Å². The van der Waals surface area contributed by atoms with Crippen molar-refractivity contribution in [3.63, 3.8) is 0 Å². The number of aliphatic imine (C=N–C) groups is 1. The predicted octanol–water partition coefficient (Wildman–Crippen LogP) is 4.90. The number of thiazole rings is 1. The zero-order chi connectivity index (χ0) is 22.7. The zero-order valence-corrected chi connectivity index (χ0v) is 18.8. The second-order valence-corrected chi connectivity index (χ2v) is 8.41. The Morgan fingerprint density at radius 1 is 1.16 bits per heavy atom. The number of carbonyl (C=O) groups excluding carboxylic acids is 1. The summed E-state index contributed by atoms with van der Waals surface area (Å²) in [6.45, 7) is 0. The van der Waals surface area contributed by atoms with E-state index in [9.17, 15) is 9.18 Å². The van der Waals surface area contributed by atoms with Crippen LogP contribution in [-0.2, 0) is 0 Å². The van der Waals surface area contributed by atoms with Crippen LogP contribution in [0.3, 0.4) is 0 Å². The summed E-state index contributed by atoms with van der Waals surface area (Å²) in [5.41, 5.74) is -0.134. The van der Waals surface area contributed by atoms with Gasteiger partial charge in [0.15, 0.2) is 22.3 Å². The minimum absolute atomic E-state index is 0.225. The number of rotatable bonds is 6. The Morgan fingerprint density at radius 3 is 2.58 bits per heavy atom. The zero-order valence-electron chi connectivity index (χ0n) is 17.2. The number of hydrogen-bond acceptors (Lipinski definition) is 5. The SMILES string of the molecule is CN(C)/C=N/C(=O)c1c(F)ccc(O/C(=C/N(C)C)c2nc3cc(Cl)ccc3s2)c1F. The van der Waals surface area contributed by atoms with Crippen LogP contribution in [0.4, 0.5) is 8.78 Å². The van der Waals surface area contributed by atoms with Crippen LogP contribution in [0.1, 0.15) is 15.4 Å². The highest BCUT2D eigenvalue weighted by atomic mass is 35.5. The number of ether oxygens (including phenoxy) is 1. The highest BCUT2D eigenvalue weighted by molar-refractivity contribution is 7.19. The van der Waals surface area contributed by atoms with Crippen LogP contribution in [0, 0.1) is 11.6 Å². The molecule has 1 heterocycles. The molecule has 0 unspecified atom stereocenters. The second kappa shape index (κ2) is 9.40. The lowest BCUT2D eigenvalue weighted by Crippen LogP contribution is -2.12. The summed E-state index contributed by atoms with van der Waals surface area (Å²) in [5.74, 6) is -3.33. The summed E-state index contributed by atoms with van der Waals surface area (Å²) in [6.07, 6.45) is 2.77. The van der Waals surface area contributed by atoms with Gasteiger partial charge in [-0.3, -0.25) is 4.79 Å². The molecule has 0 saturated heterocycles. The van der Waals surface area contributed by atoms with E-state index < -0.39 is 23.1 Å². The lowest BCUT2D eigenvalue weighted by molar-refractivity contribution is 0.0993. The van der Waals surface area contributed by atoms with Crippen LogP contribution in [0.2, 0.25) is 5.02 Å². The number of carbonyl (C=O) groups is 1. The van der Waals surface area contributed by atoms with E-state index in [1.165, 1.54) is 22.6 Å². The highest BCUT2D eigenvalue weighted by Gasteiger charge is 2.23. The second-order valence-electron chi connectivity index (χ2n) is 6.94. The number of benzene rings is 2. The van der Waals surface area contributed by atoms with Crippen LogP contribution in [0.15, 0.2) is 41.5 Å². The molecule has 0 aliphatic carbocycles. The van der Waals surface area contributed by atoms with Gasteiger partial charge in [-0.05, 0) is 30.3 Å². The third-order valence-corrected chi connectivity index (χ3v) is 5.12. The Hall–Kier alpha value is -3.04. The molecule has 0 spiro atoms. The summed E-state index contributed by atoms with van der Waals surface area (Å²) < 4.78 is 35.8. The minimum atomic E-state index is -1.14. The Labute approximate surface area is 187 Å². The maximum absolute atomic E-state index is 15.0. The number of halogens is 3. The molecule has 3 rings (SSSR count). The summed E-state index contributed by atoms with van der Waals surface area (Å²) in [7, 11) is 6.79. The van der Waals surface area contributed by atoms with E-state index in [2.05, 4.69) is 9.98 Å². The molecule has 3 aromatic rings. The fourth-order valence-electron chi connectivity index (χ4n) is 2.52. The third kappa shape index (κ3) is 5.36. The Morgan fingerprint density at radius 2 is 1.90 bits per heavy atom. The number of nitrogens with zero attached hydrogens (tertiary/aromatic N) is 4. The fourth-order valence-corrected chi connectivity index (χ4v) is 3.58. The first-order valence-corrected chi connectivity index (χ1v) is 10.2. The van der Waals surface area contributed by atoms with Gasteiger partial charge >= 0.3 is 0 Å². The summed E-state index contributed by atoms with van der Waals surface area (Å²) in [6, 6.07) is 7.35. The molecule has 0 saturated carbocycles. The lowest BCUT2D eigenvalue weighted by Gasteiger charge is -2.13. The van der Waals surface area contributed by atoms with Gasteiger partial charge < -0.3 is 14.5 Å². The van der Waals surface area contributed by atoms with Gasteiger partial charge in [0.05, 0.1) is 16.6 Å². The van der Waals surface area contributed by atoms with E-state index in [4.69, 9.17) is 16.3 Å². The van der Waals surface area contributed by atoms with E-state index in [0.717, 1.165) is 16.8 Å². The average Bonchev–Trinajstić information content (AvgIpc) is 3.10. The molecule has 0 aliphatic rings. The van der Waals surface area contributed by atoms with Crippen LogP contribution < -0.4 is 4.74 Å². The molecule has 0 radical (unpaired) electrons. The molecule has 0 bridgehead atoms. The molecule has 0 N–H and O–H groups in total. The Balaban J connectivity index is 2.02. The van der Waals surface area contributed by atoms with Gasteiger partial charge in [0.25, 0.3) is 5.91 Å². The monoisotopic (exact) mass is 464 g/mol. The topological polar surface area (TPSA) is 58.0 Å². The molecule has 1 aromatic heterocycles. The van der Waals surface area contributed by atoms with Crippen molar-refractivity contribution in [2.24, 2.45) is 4.99 Å². The molecule has 0 fully saturated rings. The van der Waals surface area contributed by atoms with Gasteiger partial charge in [-0.25, -0.2) is 13.8 Å². The van der Waals surface area contributed by atoms with Crippen LogP contribution in [0.25, 0.3) is 16.0 Å². The molecular weight excluding hydrogens is 446 g/mol. The first-order chi connectivity index (χ1) is 14.7.